The zero-order valence-electron chi connectivity index (χ0n) is 14.2. The number of thiophene rings is 1. The van der Waals surface area contributed by atoms with Gasteiger partial charge in [0.25, 0.3) is 5.91 Å². The van der Waals surface area contributed by atoms with Crippen LogP contribution < -0.4 is 4.74 Å². The fourth-order valence-corrected chi connectivity index (χ4v) is 3.30. The molecule has 0 spiro atoms. The van der Waals surface area contributed by atoms with Crippen LogP contribution in [-0.2, 0) is 6.54 Å². The van der Waals surface area contributed by atoms with E-state index in [1.165, 1.54) is 0 Å². The highest BCUT2D eigenvalue weighted by molar-refractivity contribution is 7.07. The molecule has 0 saturated carbocycles. The molecule has 0 bridgehead atoms. The van der Waals surface area contributed by atoms with Gasteiger partial charge in [0.2, 0.25) is 0 Å². The summed E-state index contributed by atoms with van der Waals surface area (Å²) in [5.74, 6) is 1.31. The summed E-state index contributed by atoms with van der Waals surface area (Å²) in [5, 5.41) is 4.12. The van der Waals surface area contributed by atoms with Crippen LogP contribution in [0.4, 0.5) is 0 Å². The number of para-hydroxylation sites is 2. The lowest BCUT2D eigenvalue weighted by atomic mass is 10.1. The number of amides is 1. The van der Waals surface area contributed by atoms with Crippen molar-refractivity contribution in [3.05, 3.63) is 82.6 Å². The first kappa shape index (κ1) is 17.2. The molecule has 0 radical (unpaired) electrons. The van der Waals surface area contributed by atoms with Gasteiger partial charge in [-0.05, 0) is 53.1 Å². The Morgan fingerprint density at radius 3 is 2.52 bits per heavy atom. The molecule has 3 nitrogen and oxygen atoms in total. The molecule has 0 unspecified atom stereocenters. The maximum Gasteiger partial charge on any atom is 0.257 e. The SMILES string of the molecule is CCCN(Cc1ccsc1)C(=O)c1ccccc1Oc1ccccc1. The molecule has 2 aromatic carbocycles. The van der Waals surface area contributed by atoms with Gasteiger partial charge in [0.05, 0.1) is 5.56 Å². The van der Waals surface area contributed by atoms with Gasteiger partial charge in [-0.2, -0.15) is 11.3 Å². The van der Waals surface area contributed by atoms with E-state index < -0.39 is 0 Å². The van der Waals surface area contributed by atoms with Crippen molar-refractivity contribution in [1.29, 1.82) is 0 Å². The number of hydrogen-bond acceptors (Lipinski definition) is 3. The minimum atomic E-state index is -0.000388. The first-order valence-corrected chi connectivity index (χ1v) is 9.34. The molecule has 4 heteroatoms. The molecule has 25 heavy (non-hydrogen) atoms. The summed E-state index contributed by atoms with van der Waals surface area (Å²) in [6, 6.07) is 19.0. The Kier molecular flexibility index (Phi) is 5.86. The van der Waals surface area contributed by atoms with Crippen LogP contribution in [0.25, 0.3) is 0 Å². The summed E-state index contributed by atoms with van der Waals surface area (Å²) in [4.78, 5) is 15.0. The van der Waals surface area contributed by atoms with Crippen molar-refractivity contribution in [3.8, 4) is 11.5 Å². The smallest absolute Gasteiger partial charge is 0.257 e. The highest BCUT2D eigenvalue weighted by Gasteiger charge is 2.19. The molecule has 0 fully saturated rings. The Labute approximate surface area is 152 Å². The van der Waals surface area contributed by atoms with Gasteiger partial charge in [-0.15, -0.1) is 0 Å². The summed E-state index contributed by atoms with van der Waals surface area (Å²) < 4.78 is 5.95. The van der Waals surface area contributed by atoms with Crippen molar-refractivity contribution in [2.45, 2.75) is 19.9 Å². The Bertz CT molecular complexity index is 800. The van der Waals surface area contributed by atoms with E-state index in [0.29, 0.717) is 24.4 Å². The van der Waals surface area contributed by atoms with Crippen LogP contribution in [0.5, 0.6) is 11.5 Å². The van der Waals surface area contributed by atoms with Crippen LogP contribution in [0.2, 0.25) is 0 Å². The van der Waals surface area contributed by atoms with Crippen molar-refractivity contribution >= 4 is 17.2 Å². The van der Waals surface area contributed by atoms with E-state index in [9.17, 15) is 4.79 Å². The Balaban J connectivity index is 1.84. The molecule has 0 aliphatic rings. The van der Waals surface area contributed by atoms with Crippen molar-refractivity contribution in [1.82, 2.24) is 4.90 Å². The summed E-state index contributed by atoms with van der Waals surface area (Å²) in [6.07, 6.45) is 0.914. The highest BCUT2D eigenvalue weighted by Crippen LogP contribution is 2.26. The Hall–Kier alpha value is -2.59. The van der Waals surface area contributed by atoms with E-state index in [1.54, 1.807) is 11.3 Å². The van der Waals surface area contributed by atoms with Crippen LogP contribution in [0.3, 0.4) is 0 Å². The second kappa shape index (κ2) is 8.49. The minimum Gasteiger partial charge on any atom is -0.457 e. The van der Waals surface area contributed by atoms with Gasteiger partial charge in [0.15, 0.2) is 0 Å². The van der Waals surface area contributed by atoms with Crippen LogP contribution in [0.15, 0.2) is 71.4 Å². The van der Waals surface area contributed by atoms with Gasteiger partial charge in [-0.25, -0.2) is 0 Å². The lowest BCUT2D eigenvalue weighted by molar-refractivity contribution is 0.0741. The number of ether oxygens (including phenoxy) is 1. The van der Waals surface area contributed by atoms with Crippen molar-refractivity contribution in [2.75, 3.05) is 6.54 Å². The largest absolute Gasteiger partial charge is 0.457 e. The third-order valence-electron chi connectivity index (χ3n) is 3.82. The molecular formula is C21H21NO2S. The first-order chi connectivity index (χ1) is 12.3. The average Bonchev–Trinajstić information content (AvgIpc) is 3.15. The molecule has 0 aliphatic heterocycles. The molecule has 1 heterocycles. The van der Waals surface area contributed by atoms with Crippen molar-refractivity contribution in [3.63, 3.8) is 0 Å². The molecule has 1 aromatic heterocycles. The van der Waals surface area contributed by atoms with Crippen LogP contribution in [-0.4, -0.2) is 17.4 Å². The van der Waals surface area contributed by atoms with Crippen LogP contribution in [0, 0.1) is 0 Å². The zero-order chi connectivity index (χ0) is 17.5. The number of carbonyl (C=O) groups excluding carboxylic acids is 1. The average molecular weight is 351 g/mol. The third kappa shape index (κ3) is 4.48. The van der Waals surface area contributed by atoms with E-state index in [1.807, 2.05) is 64.9 Å². The van der Waals surface area contributed by atoms with E-state index >= 15 is 0 Å². The van der Waals surface area contributed by atoms with Gasteiger partial charge >= 0.3 is 0 Å². The van der Waals surface area contributed by atoms with Gasteiger partial charge in [0, 0.05) is 13.1 Å². The number of hydrogen-bond donors (Lipinski definition) is 0. The van der Waals surface area contributed by atoms with E-state index in [2.05, 4.69) is 18.4 Å². The highest BCUT2D eigenvalue weighted by atomic mass is 32.1. The molecule has 1 amide bonds. The van der Waals surface area contributed by atoms with E-state index in [-0.39, 0.29) is 5.91 Å². The summed E-state index contributed by atoms with van der Waals surface area (Å²) >= 11 is 1.65. The summed E-state index contributed by atoms with van der Waals surface area (Å²) in [6.45, 7) is 3.42. The number of carbonyl (C=O) groups is 1. The quantitative estimate of drug-likeness (QED) is 0.555. The fourth-order valence-electron chi connectivity index (χ4n) is 2.64. The predicted molar refractivity (Wildman–Crippen MR) is 102 cm³/mol. The predicted octanol–water partition coefficient (Wildman–Crippen LogP) is 5.59. The van der Waals surface area contributed by atoms with Gasteiger partial charge in [-0.3, -0.25) is 4.79 Å². The van der Waals surface area contributed by atoms with E-state index in [4.69, 9.17) is 4.74 Å². The standard InChI is InChI=1S/C21H21NO2S/c1-2-13-22(15-17-12-14-25-16-17)21(23)19-10-6-7-11-20(19)24-18-8-4-3-5-9-18/h3-12,14,16H,2,13,15H2,1H3. The third-order valence-corrected chi connectivity index (χ3v) is 4.55. The van der Waals surface area contributed by atoms with Crippen LogP contribution >= 0.6 is 11.3 Å². The van der Waals surface area contributed by atoms with Crippen molar-refractivity contribution < 1.29 is 9.53 Å². The molecule has 0 aliphatic carbocycles. The van der Waals surface area contributed by atoms with Crippen LogP contribution in [0.1, 0.15) is 29.3 Å². The lowest BCUT2D eigenvalue weighted by Crippen LogP contribution is -2.31. The van der Waals surface area contributed by atoms with E-state index in [0.717, 1.165) is 17.7 Å². The summed E-state index contributed by atoms with van der Waals surface area (Å²) in [5.41, 5.74) is 1.75. The molecule has 3 rings (SSSR count). The first-order valence-electron chi connectivity index (χ1n) is 8.40. The lowest BCUT2D eigenvalue weighted by Gasteiger charge is -2.23. The number of nitrogens with zero attached hydrogens (tertiary/aromatic N) is 1. The zero-order valence-corrected chi connectivity index (χ0v) is 15.0. The second-order valence-corrected chi connectivity index (χ2v) is 6.55. The summed E-state index contributed by atoms with van der Waals surface area (Å²) in [7, 11) is 0. The van der Waals surface area contributed by atoms with Gasteiger partial charge in [-0.1, -0.05) is 37.3 Å². The molecule has 128 valence electrons. The monoisotopic (exact) mass is 351 g/mol. The minimum absolute atomic E-state index is 0.000388. The maximum absolute atomic E-state index is 13.1. The second-order valence-electron chi connectivity index (χ2n) is 5.77. The molecule has 0 N–H and O–H groups in total. The number of benzene rings is 2. The van der Waals surface area contributed by atoms with Gasteiger partial charge < -0.3 is 9.64 Å². The topological polar surface area (TPSA) is 29.5 Å². The Morgan fingerprint density at radius 1 is 1.04 bits per heavy atom. The Morgan fingerprint density at radius 2 is 1.80 bits per heavy atom. The maximum atomic E-state index is 13.1. The fraction of sp³-hybridized carbons (Fsp3) is 0.190. The molecule has 3 aromatic rings. The molecule has 0 saturated heterocycles. The van der Waals surface area contributed by atoms with Gasteiger partial charge in [0.1, 0.15) is 11.5 Å². The molecule has 0 atom stereocenters. The number of rotatable bonds is 7. The van der Waals surface area contributed by atoms with Crippen molar-refractivity contribution in [2.24, 2.45) is 0 Å². The molecular weight excluding hydrogens is 330 g/mol. The normalized spacial score (nSPS) is 10.4.